The second-order valence-corrected chi connectivity index (χ2v) is 11.1. The predicted octanol–water partition coefficient (Wildman–Crippen LogP) is 8.13. The molecule has 0 saturated carbocycles. The number of phenolic OH excluding ortho intramolecular Hbond substituents is 1. The number of aromatic hydroxyl groups is 1. The zero-order valence-corrected chi connectivity index (χ0v) is 24.1. The summed E-state index contributed by atoms with van der Waals surface area (Å²) in [5.74, 6) is 1.02. The molecule has 0 atom stereocenters. The normalized spacial score (nSPS) is 14.2. The molecule has 5 aromatic rings. The van der Waals surface area contributed by atoms with Gasteiger partial charge in [-0.05, 0) is 72.8 Å². The molecular formula is C31H27Cl3N4O2. The summed E-state index contributed by atoms with van der Waals surface area (Å²) in [6.07, 6.45) is 0. The number of fused-ring (bicyclic) bond motifs is 2. The van der Waals surface area contributed by atoms with Crippen LogP contribution in [0.3, 0.4) is 0 Å². The fraction of sp³-hybridized carbons (Fsp3) is 0.194. The van der Waals surface area contributed by atoms with Crippen molar-refractivity contribution in [2.24, 2.45) is 0 Å². The van der Waals surface area contributed by atoms with Gasteiger partial charge in [-0.2, -0.15) is 0 Å². The summed E-state index contributed by atoms with van der Waals surface area (Å²) >= 11 is 18.6. The molecule has 0 aliphatic carbocycles. The number of pyridine rings is 1. The molecule has 1 aliphatic rings. The first kappa shape index (κ1) is 26.8. The van der Waals surface area contributed by atoms with Gasteiger partial charge in [0.05, 0.1) is 33.9 Å². The fourth-order valence-corrected chi connectivity index (χ4v) is 5.64. The highest BCUT2D eigenvalue weighted by molar-refractivity contribution is 6.42. The van der Waals surface area contributed by atoms with E-state index in [0.29, 0.717) is 21.6 Å². The second-order valence-electron chi connectivity index (χ2n) is 9.86. The summed E-state index contributed by atoms with van der Waals surface area (Å²) in [6, 6.07) is 22.9. The third-order valence-electron chi connectivity index (χ3n) is 7.33. The van der Waals surface area contributed by atoms with Crippen molar-refractivity contribution in [2.45, 2.75) is 6.54 Å². The van der Waals surface area contributed by atoms with Crippen LogP contribution in [0.2, 0.25) is 15.1 Å². The third-order valence-corrected chi connectivity index (χ3v) is 8.30. The highest BCUT2D eigenvalue weighted by Gasteiger charge is 2.20. The molecule has 4 aromatic carbocycles. The molecule has 40 heavy (non-hydrogen) atoms. The molecule has 9 heteroatoms. The molecule has 0 bridgehead atoms. The molecule has 204 valence electrons. The highest BCUT2D eigenvalue weighted by Crippen LogP contribution is 2.37. The Kier molecular flexibility index (Phi) is 7.51. The van der Waals surface area contributed by atoms with Gasteiger partial charge in [0.1, 0.15) is 11.5 Å². The van der Waals surface area contributed by atoms with Crippen LogP contribution in [-0.4, -0.2) is 48.3 Å². The number of hydrogen-bond acceptors (Lipinski definition) is 6. The van der Waals surface area contributed by atoms with Gasteiger partial charge in [-0.1, -0.05) is 34.8 Å². The van der Waals surface area contributed by atoms with Gasteiger partial charge < -0.3 is 20.1 Å². The van der Waals surface area contributed by atoms with Crippen molar-refractivity contribution in [1.82, 2.24) is 9.88 Å². The lowest BCUT2D eigenvalue weighted by Crippen LogP contribution is -2.46. The summed E-state index contributed by atoms with van der Waals surface area (Å²) in [6.45, 7) is 4.07. The van der Waals surface area contributed by atoms with Gasteiger partial charge in [-0.15, -0.1) is 0 Å². The molecule has 1 saturated heterocycles. The Morgan fingerprint density at radius 1 is 0.825 bits per heavy atom. The first-order valence-corrected chi connectivity index (χ1v) is 14.1. The smallest absolute Gasteiger partial charge is 0.120 e. The number of nitrogens with zero attached hydrogens (tertiary/aromatic N) is 3. The fourth-order valence-electron chi connectivity index (χ4n) is 5.18. The number of ether oxygens (including phenoxy) is 1. The van der Waals surface area contributed by atoms with E-state index in [-0.39, 0.29) is 5.75 Å². The molecular weight excluding hydrogens is 567 g/mol. The number of methoxy groups -OCH3 is 1. The minimum atomic E-state index is 0.273. The van der Waals surface area contributed by atoms with Crippen LogP contribution in [0.25, 0.3) is 21.8 Å². The minimum Gasteiger partial charge on any atom is -0.508 e. The number of rotatable bonds is 6. The number of anilines is 3. The monoisotopic (exact) mass is 592 g/mol. The van der Waals surface area contributed by atoms with Crippen molar-refractivity contribution in [2.75, 3.05) is 43.5 Å². The first-order chi connectivity index (χ1) is 19.4. The number of aromatic nitrogens is 1. The Balaban J connectivity index is 1.25. The third kappa shape index (κ3) is 5.45. The lowest BCUT2D eigenvalue weighted by Gasteiger charge is -2.36. The van der Waals surface area contributed by atoms with Crippen molar-refractivity contribution in [1.29, 1.82) is 0 Å². The SMILES string of the molecule is COc1ccc2nc3cc(Cl)ccc3c(Nc3ccc(O)c(CN4CCN(c5ccc(Cl)c(Cl)c5)CC4)c3)c2c1. The molecule has 0 spiro atoms. The van der Waals surface area contributed by atoms with Gasteiger partial charge in [0.2, 0.25) is 0 Å². The number of phenols is 1. The van der Waals surface area contributed by atoms with E-state index < -0.39 is 0 Å². The number of piperazine rings is 1. The summed E-state index contributed by atoms with van der Waals surface area (Å²) in [5.41, 5.74) is 5.33. The molecule has 1 aromatic heterocycles. The van der Waals surface area contributed by atoms with Crippen LogP contribution < -0.4 is 15.0 Å². The maximum atomic E-state index is 10.7. The zero-order valence-electron chi connectivity index (χ0n) is 21.8. The van der Waals surface area contributed by atoms with Crippen LogP contribution in [0.5, 0.6) is 11.5 Å². The van der Waals surface area contributed by atoms with E-state index in [0.717, 1.165) is 76.4 Å². The van der Waals surface area contributed by atoms with E-state index in [4.69, 9.17) is 44.5 Å². The van der Waals surface area contributed by atoms with Crippen LogP contribution in [-0.2, 0) is 6.54 Å². The molecule has 0 radical (unpaired) electrons. The van der Waals surface area contributed by atoms with E-state index in [9.17, 15) is 5.11 Å². The van der Waals surface area contributed by atoms with Crippen LogP contribution >= 0.6 is 34.8 Å². The standard InChI is InChI=1S/C31H27Cl3N4O2/c1-40-23-5-8-28-25(17-23)31(24-6-2-20(32)15-29(24)36-28)35-21-3-9-30(39)19(14-21)18-37-10-12-38(13-11-37)22-4-7-26(33)27(34)16-22/h2-9,14-17,39H,10-13,18H2,1H3,(H,35,36). The van der Waals surface area contributed by atoms with Gasteiger partial charge in [-0.25, -0.2) is 4.98 Å². The molecule has 2 N–H and O–H groups in total. The van der Waals surface area contributed by atoms with Gasteiger partial charge in [0.25, 0.3) is 0 Å². The molecule has 0 amide bonds. The lowest BCUT2D eigenvalue weighted by atomic mass is 10.1. The molecule has 2 heterocycles. The van der Waals surface area contributed by atoms with Crippen molar-refractivity contribution >= 4 is 73.7 Å². The maximum Gasteiger partial charge on any atom is 0.120 e. The highest BCUT2D eigenvalue weighted by atomic mass is 35.5. The maximum absolute atomic E-state index is 10.7. The van der Waals surface area contributed by atoms with Crippen molar-refractivity contribution in [3.63, 3.8) is 0 Å². The van der Waals surface area contributed by atoms with Gasteiger partial charge >= 0.3 is 0 Å². The Morgan fingerprint density at radius 3 is 2.42 bits per heavy atom. The minimum absolute atomic E-state index is 0.273. The average Bonchev–Trinajstić information content (AvgIpc) is 2.96. The van der Waals surface area contributed by atoms with E-state index in [2.05, 4.69) is 15.1 Å². The van der Waals surface area contributed by atoms with E-state index in [1.54, 1.807) is 13.2 Å². The Bertz CT molecular complexity index is 1720. The largest absolute Gasteiger partial charge is 0.508 e. The van der Waals surface area contributed by atoms with Gasteiger partial charge in [-0.3, -0.25) is 4.90 Å². The quantitative estimate of drug-likeness (QED) is 0.153. The van der Waals surface area contributed by atoms with Crippen molar-refractivity contribution in [3.8, 4) is 11.5 Å². The Hall–Kier alpha value is -3.42. The van der Waals surface area contributed by atoms with E-state index in [1.165, 1.54) is 0 Å². The first-order valence-electron chi connectivity index (χ1n) is 13.0. The van der Waals surface area contributed by atoms with Gasteiger partial charge in [0, 0.05) is 65.5 Å². The molecule has 0 unspecified atom stereocenters. The van der Waals surface area contributed by atoms with E-state index in [1.807, 2.05) is 66.7 Å². The number of halogens is 3. The summed E-state index contributed by atoms with van der Waals surface area (Å²) in [7, 11) is 1.65. The predicted molar refractivity (Wildman–Crippen MR) is 166 cm³/mol. The van der Waals surface area contributed by atoms with Gasteiger partial charge in [0.15, 0.2) is 0 Å². The lowest BCUT2D eigenvalue weighted by molar-refractivity contribution is 0.247. The van der Waals surface area contributed by atoms with Crippen LogP contribution in [0, 0.1) is 0 Å². The summed E-state index contributed by atoms with van der Waals surface area (Å²) in [5, 5.41) is 18.0. The molecule has 1 aliphatic heterocycles. The van der Waals surface area contributed by atoms with Crippen LogP contribution in [0.1, 0.15) is 5.56 Å². The summed E-state index contributed by atoms with van der Waals surface area (Å²) < 4.78 is 5.49. The van der Waals surface area contributed by atoms with Crippen molar-refractivity contribution < 1.29 is 9.84 Å². The number of hydrogen-bond donors (Lipinski definition) is 2. The van der Waals surface area contributed by atoms with Crippen LogP contribution in [0.15, 0.2) is 72.8 Å². The topological polar surface area (TPSA) is 60.9 Å². The van der Waals surface area contributed by atoms with Crippen LogP contribution in [0.4, 0.5) is 17.1 Å². The molecule has 6 rings (SSSR count). The Labute approximate surface area is 247 Å². The van der Waals surface area contributed by atoms with Crippen molar-refractivity contribution in [3.05, 3.63) is 93.4 Å². The average molecular weight is 594 g/mol. The Morgan fingerprint density at radius 2 is 1.65 bits per heavy atom. The van der Waals surface area contributed by atoms with E-state index >= 15 is 0 Å². The number of nitrogens with one attached hydrogen (secondary N) is 1. The second kappa shape index (κ2) is 11.2. The number of benzene rings is 4. The molecule has 1 fully saturated rings. The zero-order chi connectivity index (χ0) is 27.8. The molecule has 6 nitrogen and oxygen atoms in total. The summed E-state index contributed by atoms with van der Waals surface area (Å²) in [4.78, 5) is 9.46.